The van der Waals surface area contributed by atoms with Crippen LogP contribution in [0.5, 0.6) is 5.75 Å². The molecule has 0 fully saturated rings. The van der Waals surface area contributed by atoms with Crippen molar-refractivity contribution in [1.29, 1.82) is 5.26 Å². The Morgan fingerprint density at radius 3 is 2.74 bits per heavy atom. The number of pyridine rings is 1. The van der Waals surface area contributed by atoms with Gasteiger partial charge in [-0.25, -0.2) is 4.98 Å². The summed E-state index contributed by atoms with van der Waals surface area (Å²) in [6, 6.07) is 6.91. The number of hydrogen-bond acceptors (Lipinski definition) is 6. The van der Waals surface area contributed by atoms with Crippen molar-refractivity contribution < 1.29 is 9.90 Å². The number of phenols is 1. The van der Waals surface area contributed by atoms with Gasteiger partial charge in [-0.1, -0.05) is 6.07 Å². The minimum atomic E-state index is -0.727. The van der Waals surface area contributed by atoms with Gasteiger partial charge in [-0.15, -0.1) is 0 Å². The van der Waals surface area contributed by atoms with Crippen molar-refractivity contribution in [1.82, 2.24) is 19.2 Å². The van der Waals surface area contributed by atoms with Gasteiger partial charge in [0.2, 0.25) is 0 Å². The standard InChI is InChI=1S/C18H15N7O2/c1-8-3-4-12(26)9(2)14(8)24-15(20)13(16(21)27)11-5-10(6-19)17-22-7-23-25(17)18(11)24/h3-5,7,26H,20H2,1-2H3,(H2,21,27). The second-order valence-electron chi connectivity index (χ2n) is 6.24. The Morgan fingerprint density at radius 2 is 2.07 bits per heavy atom. The number of rotatable bonds is 2. The Morgan fingerprint density at radius 1 is 1.33 bits per heavy atom. The van der Waals surface area contributed by atoms with E-state index in [1.165, 1.54) is 16.9 Å². The van der Waals surface area contributed by atoms with E-state index in [-0.39, 0.29) is 22.7 Å². The number of benzene rings is 1. The van der Waals surface area contributed by atoms with E-state index in [9.17, 15) is 15.2 Å². The van der Waals surface area contributed by atoms with Gasteiger partial charge in [0.1, 0.15) is 24.0 Å². The number of amides is 1. The third-order valence-electron chi connectivity index (χ3n) is 4.69. The van der Waals surface area contributed by atoms with E-state index in [0.29, 0.717) is 27.9 Å². The van der Waals surface area contributed by atoms with Gasteiger partial charge >= 0.3 is 0 Å². The van der Waals surface area contributed by atoms with Gasteiger partial charge in [-0.2, -0.15) is 14.9 Å². The third-order valence-corrected chi connectivity index (χ3v) is 4.69. The Labute approximate surface area is 153 Å². The van der Waals surface area contributed by atoms with Crippen LogP contribution in [0.2, 0.25) is 0 Å². The number of fused-ring (bicyclic) bond motifs is 3. The molecule has 0 unspecified atom stereocenters. The molecule has 1 aromatic carbocycles. The van der Waals surface area contributed by atoms with E-state index >= 15 is 0 Å². The van der Waals surface area contributed by atoms with Crippen molar-refractivity contribution in [3.05, 3.63) is 46.8 Å². The van der Waals surface area contributed by atoms with Crippen LogP contribution >= 0.6 is 0 Å². The molecule has 9 nitrogen and oxygen atoms in total. The van der Waals surface area contributed by atoms with Crippen LogP contribution in [-0.2, 0) is 0 Å². The van der Waals surface area contributed by atoms with E-state index in [1.54, 1.807) is 23.6 Å². The fourth-order valence-corrected chi connectivity index (χ4v) is 3.47. The lowest BCUT2D eigenvalue weighted by molar-refractivity contribution is 0.100. The fourth-order valence-electron chi connectivity index (χ4n) is 3.47. The Hall–Kier alpha value is -4.06. The molecule has 134 valence electrons. The first-order valence-corrected chi connectivity index (χ1v) is 8.02. The van der Waals surface area contributed by atoms with Crippen LogP contribution in [0.3, 0.4) is 0 Å². The predicted octanol–water partition coefficient (Wildman–Crippen LogP) is 1.55. The molecule has 0 aliphatic carbocycles. The normalized spacial score (nSPS) is 11.1. The highest BCUT2D eigenvalue weighted by Crippen LogP contribution is 2.36. The number of nitrogens with two attached hydrogens (primary N) is 2. The number of anilines is 1. The fraction of sp³-hybridized carbons (Fsp3) is 0.111. The first kappa shape index (κ1) is 16.4. The van der Waals surface area contributed by atoms with Gasteiger partial charge < -0.3 is 16.6 Å². The summed E-state index contributed by atoms with van der Waals surface area (Å²) >= 11 is 0. The largest absolute Gasteiger partial charge is 0.508 e. The van der Waals surface area contributed by atoms with Crippen LogP contribution in [0.1, 0.15) is 27.0 Å². The van der Waals surface area contributed by atoms with Crippen LogP contribution in [0.15, 0.2) is 24.5 Å². The molecule has 3 aromatic heterocycles. The summed E-state index contributed by atoms with van der Waals surface area (Å²) in [6.45, 7) is 3.61. The zero-order valence-electron chi connectivity index (χ0n) is 14.6. The van der Waals surface area contributed by atoms with Gasteiger partial charge in [0.05, 0.1) is 16.8 Å². The Balaban J connectivity index is 2.32. The average Bonchev–Trinajstić information content (AvgIpc) is 3.21. The molecule has 4 aromatic rings. The van der Waals surface area contributed by atoms with Crippen molar-refractivity contribution in [2.45, 2.75) is 13.8 Å². The molecule has 27 heavy (non-hydrogen) atoms. The summed E-state index contributed by atoms with van der Waals surface area (Å²) in [7, 11) is 0. The number of nitrogen functional groups attached to an aromatic ring is 1. The monoisotopic (exact) mass is 361 g/mol. The highest BCUT2D eigenvalue weighted by molar-refractivity contribution is 6.11. The number of carbonyl (C=O) groups excluding carboxylic acids is 1. The van der Waals surface area contributed by atoms with Gasteiger partial charge in [-0.3, -0.25) is 9.36 Å². The van der Waals surface area contributed by atoms with Crippen LogP contribution in [0.4, 0.5) is 5.82 Å². The minimum Gasteiger partial charge on any atom is -0.508 e. The van der Waals surface area contributed by atoms with E-state index in [0.717, 1.165) is 5.56 Å². The van der Waals surface area contributed by atoms with E-state index in [1.807, 2.05) is 13.0 Å². The quantitative estimate of drug-likeness (QED) is 0.493. The molecule has 0 radical (unpaired) electrons. The summed E-state index contributed by atoms with van der Waals surface area (Å²) in [5, 5.41) is 24.2. The molecule has 0 aliphatic heterocycles. The topological polar surface area (TPSA) is 148 Å². The SMILES string of the molecule is Cc1ccc(O)c(C)c1-n1c(N)c(C(N)=O)c2cc(C#N)c3ncnn3c21. The molecule has 3 heterocycles. The lowest BCUT2D eigenvalue weighted by Gasteiger charge is -2.16. The van der Waals surface area contributed by atoms with Crippen LogP contribution in [0.25, 0.3) is 22.4 Å². The van der Waals surface area contributed by atoms with E-state index in [4.69, 9.17) is 11.5 Å². The van der Waals surface area contributed by atoms with Crippen molar-refractivity contribution in [2.75, 3.05) is 5.73 Å². The maximum Gasteiger partial charge on any atom is 0.253 e. The van der Waals surface area contributed by atoms with Crippen LogP contribution in [-0.4, -0.2) is 30.2 Å². The first-order chi connectivity index (χ1) is 12.9. The lowest BCUT2D eigenvalue weighted by Crippen LogP contribution is -2.14. The number of nitrogens with zero attached hydrogens (tertiary/aromatic N) is 5. The molecule has 0 atom stereocenters. The van der Waals surface area contributed by atoms with Crippen molar-refractivity contribution in [3.63, 3.8) is 0 Å². The van der Waals surface area contributed by atoms with Crippen molar-refractivity contribution >= 4 is 28.4 Å². The van der Waals surface area contributed by atoms with E-state index in [2.05, 4.69) is 10.1 Å². The molecule has 0 spiro atoms. The highest BCUT2D eigenvalue weighted by atomic mass is 16.3. The summed E-state index contributed by atoms with van der Waals surface area (Å²) in [5.74, 6) is -0.544. The molecule has 4 rings (SSSR count). The summed E-state index contributed by atoms with van der Waals surface area (Å²) in [4.78, 5) is 16.3. The highest BCUT2D eigenvalue weighted by Gasteiger charge is 2.26. The predicted molar refractivity (Wildman–Crippen MR) is 98.6 cm³/mol. The number of hydrogen-bond donors (Lipinski definition) is 3. The zero-order chi connectivity index (χ0) is 19.5. The molecule has 0 aliphatic rings. The second kappa shape index (κ2) is 5.47. The molecule has 0 saturated heterocycles. The Bertz CT molecular complexity index is 1310. The van der Waals surface area contributed by atoms with Gasteiger partial charge in [0, 0.05) is 10.9 Å². The molecule has 5 N–H and O–H groups in total. The van der Waals surface area contributed by atoms with E-state index < -0.39 is 5.91 Å². The second-order valence-corrected chi connectivity index (χ2v) is 6.24. The van der Waals surface area contributed by atoms with Gasteiger partial charge in [0.15, 0.2) is 11.3 Å². The smallest absolute Gasteiger partial charge is 0.253 e. The van der Waals surface area contributed by atoms with Crippen molar-refractivity contribution in [2.24, 2.45) is 5.73 Å². The number of primary amides is 1. The average molecular weight is 361 g/mol. The Kier molecular flexibility index (Phi) is 3.32. The molecular formula is C18H15N7O2. The molecule has 1 amide bonds. The zero-order valence-corrected chi connectivity index (χ0v) is 14.6. The third kappa shape index (κ3) is 2.07. The number of nitriles is 1. The lowest BCUT2D eigenvalue weighted by atomic mass is 10.1. The molecule has 0 bridgehead atoms. The minimum absolute atomic E-state index is 0.0842. The maximum absolute atomic E-state index is 12.1. The van der Waals surface area contributed by atoms with Crippen LogP contribution < -0.4 is 11.5 Å². The van der Waals surface area contributed by atoms with Gasteiger partial charge in [0.25, 0.3) is 5.91 Å². The molecule has 9 heteroatoms. The summed E-state index contributed by atoms with van der Waals surface area (Å²) < 4.78 is 3.06. The maximum atomic E-state index is 12.1. The number of carbonyl (C=O) groups is 1. The summed E-state index contributed by atoms with van der Waals surface area (Å²) in [5.41, 5.74) is 15.0. The van der Waals surface area contributed by atoms with Crippen LogP contribution in [0, 0.1) is 25.2 Å². The van der Waals surface area contributed by atoms with Crippen molar-refractivity contribution in [3.8, 4) is 17.5 Å². The number of phenolic OH excluding ortho intramolecular Hbond substituents is 1. The molecule has 0 saturated carbocycles. The number of aryl methyl sites for hydroxylation is 1. The first-order valence-electron chi connectivity index (χ1n) is 8.02. The summed E-state index contributed by atoms with van der Waals surface area (Å²) in [6.07, 6.45) is 1.31. The molecular weight excluding hydrogens is 346 g/mol. The number of aromatic hydroxyl groups is 1. The number of aromatic nitrogens is 4. The van der Waals surface area contributed by atoms with Gasteiger partial charge in [-0.05, 0) is 31.5 Å².